The molecule has 0 aromatic heterocycles. The number of hydrogen-bond donors (Lipinski definition) is 1. The minimum absolute atomic E-state index is 0.986. The summed E-state index contributed by atoms with van der Waals surface area (Å²) in [7, 11) is 2.04. The van der Waals surface area contributed by atoms with E-state index in [1.54, 1.807) is 0 Å². The second-order valence-corrected chi connectivity index (χ2v) is 3.15. The molecule has 1 fully saturated rings. The van der Waals surface area contributed by atoms with Crippen LogP contribution in [0.25, 0.3) is 0 Å². The highest BCUT2D eigenvalue weighted by Gasteiger charge is 2.43. The minimum Gasteiger partial charge on any atom is -0.319 e. The smallest absolute Gasteiger partial charge is 0.00181 e. The summed E-state index contributed by atoms with van der Waals surface area (Å²) in [6, 6.07) is 0. The summed E-state index contributed by atoms with van der Waals surface area (Å²) in [4.78, 5) is 0. The largest absolute Gasteiger partial charge is 0.319 e. The van der Waals surface area contributed by atoms with E-state index in [4.69, 9.17) is 0 Å². The summed E-state index contributed by atoms with van der Waals surface area (Å²) in [5.74, 6) is 3.00. The van der Waals surface area contributed by atoms with E-state index in [1.165, 1.54) is 13.0 Å². The van der Waals surface area contributed by atoms with Gasteiger partial charge in [0.1, 0.15) is 0 Å². The maximum absolute atomic E-state index is 3.22. The fourth-order valence-corrected chi connectivity index (χ4v) is 1.88. The molecule has 0 aromatic carbocycles. The van der Waals surface area contributed by atoms with Gasteiger partial charge in [-0.3, -0.25) is 0 Å². The third kappa shape index (κ3) is 1.26. The Balaban J connectivity index is 2.17. The Morgan fingerprint density at radius 3 is 2.33 bits per heavy atom. The molecule has 0 aliphatic heterocycles. The first-order chi connectivity index (χ1) is 4.31. The zero-order valence-corrected chi connectivity index (χ0v) is 6.65. The van der Waals surface area contributed by atoms with Crippen molar-refractivity contribution in [2.75, 3.05) is 13.6 Å². The third-order valence-electron chi connectivity index (χ3n) is 2.67. The van der Waals surface area contributed by atoms with Gasteiger partial charge in [0.15, 0.2) is 0 Å². The van der Waals surface area contributed by atoms with E-state index in [2.05, 4.69) is 19.2 Å². The summed E-state index contributed by atoms with van der Waals surface area (Å²) in [6.45, 7) is 5.87. The average molecular weight is 127 g/mol. The van der Waals surface area contributed by atoms with Crippen molar-refractivity contribution in [1.29, 1.82) is 0 Å². The molecule has 1 aliphatic carbocycles. The summed E-state index contributed by atoms with van der Waals surface area (Å²) in [5.41, 5.74) is 0. The molecular weight excluding hydrogens is 110 g/mol. The first-order valence-corrected chi connectivity index (χ1v) is 3.95. The van der Waals surface area contributed by atoms with Crippen molar-refractivity contribution in [1.82, 2.24) is 5.32 Å². The van der Waals surface area contributed by atoms with Crippen molar-refractivity contribution in [3.8, 4) is 0 Å². The molecular formula is C8H17N. The molecule has 54 valence electrons. The van der Waals surface area contributed by atoms with Crippen LogP contribution in [-0.2, 0) is 0 Å². The van der Waals surface area contributed by atoms with E-state index in [-0.39, 0.29) is 0 Å². The lowest BCUT2D eigenvalue weighted by molar-refractivity contribution is 0.633. The molecule has 0 amide bonds. The predicted molar refractivity (Wildman–Crippen MR) is 40.4 cm³/mol. The normalized spacial score (nSPS) is 41.0. The second kappa shape index (κ2) is 2.70. The van der Waals surface area contributed by atoms with Gasteiger partial charge in [-0.25, -0.2) is 0 Å². The van der Waals surface area contributed by atoms with Gasteiger partial charge in [0.2, 0.25) is 0 Å². The molecule has 1 nitrogen and oxygen atoms in total. The fraction of sp³-hybridized carbons (Fsp3) is 1.00. The van der Waals surface area contributed by atoms with Crippen molar-refractivity contribution < 1.29 is 0 Å². The van der Waals surface area contributed by atoms with Crippen LogP contribution in [0.2, 0.25) is 0 Å². The van der Waals surface area contributed by atoms with Crippen LogP contribution in [0.15, 0.2) is 0 Å². The molecule has 1 rings (SSSR count). The molecule has 9 heavy (non-hydrogen) atoms. The van der Waals surface area contributed by atoms with Crippen molar-refractivity contribution in [2.45, 2.75) is 20.3 Å². The molecule has 0 aromatic rings. The van der Waals surface area contributed by atoms with Crippen molar-refractivity contribution >= 4 is 0 Å². The van der Waals surface area contributed by atoms with E-state index in [0.717, 1.165) is 17.8 Å². The quantitative estimate of drug-likeness (QED) is 0.605. The Bertz CT molecular complexity index is 90.6. The van der Waals surface area contributed by atoms with Crippen molar-refractivity contribution in [2.24, 2.45) is 17.8 Å². The lowest BCUT2D eigenvalue weighted by Crippen LogP contribution is -2.10. The molecule has 3 atom stereocenters. The zero-order valence-electron chi connectivity index (χ0n) is 6.65. The van der Waals surface area contributed by atoms with Crippen LogP contribution in [0.4, 0.5) is 0 Å². The second-order valence-electron chi connectivity index (χ2n) is 3.15. The molecule has 1 aliphatic rings. The molecule has 1 N–H and O–H groups in total. The summed E-state index contributed by atoms with van der Waals surface area (Å²) in [6.07, 6.45) is 1.37. The van der Waals surface area contributed by atoms with E-state index in [0.29, 0.717) is 0 Å². The average Bonchev–Trinajstić information content (AvgIpc) is 2.44. The summed E-state index contributed by atoms with van der Waals surface area (Å²) < 4.78 is 0. The molecule has 1 heteroatoms. The Hall–Kier alpha value is -0.0400. The van der Waals surface area contributed by atoms with Gasteiger partial charge in [0, 0.05) is 0 Å². The van der Waals surface area contributed by atoms with Gasteiger partial charge in [-0.05, 0) is 31.3 Å². The van der Waals surface area contributed by atoms with E-state index in [1.807, 2.05) is 7.05 Å². The molecule has 0 saturated heterocycles. The Labute approximate surface area is 57.8 Å². The summed E-state index contributed by atoms with van der Waals surface area (Å²) >= 11 is 0. The van der Waals surface area contributed by atoms with E-state index >= 15 is 0 Å². The maximum atomic E-state index is 3.22. The van der Waals surface area contributed by atoms with Gasteiger partial charge in [-0.1, -0.05) is 20.3 Å². The van der Waals surface area contributed by atoms with Gasteiger partial charge < -0.3 is 5.32 Å². The van der Waals surface area contributed by atoms with Crippen LogP contribution in [0.1, 0.15) is 20.3 Å². The summed E-state index contributed by atoms with van der Waals surface area (Å²) in [5, 5.41) is 3.22. The highest BCUT2D eigenvalue weighted by molar-refractivity contribution is 4.93. The van der Waals surface area contributed by atoms with Gasteiger partial charge >= 0.3 is 0 Å². The third-order valence-corrected chi connectivity index (χ3v) is 2.67. The number of nitrogens with one attached hydrogen (secondary N) is 1. The Morgan fingerprint density at radius 2 is 2.00 bits per heavy atom. The lowest BCUT2D eigenvalue weighted by atomic mass is 10.2. The predicted octanol–water partition coefficient (Wildman–Crippen LogP) is 1.50. The first kappa shape index (κ1) is 7.07. The molecule has 3 unspecified atom stereocenters. The van der Waals surface area contributed by atoms with Gasteiger partial charge in [-0.15, -0.1) is 0 Å². The van der Waals surface area contributed by atoms with Crippen LogP contribution in [0, 0.1) is 17.8 Å². The van der Waals surface area contributed by atoms with E-state index in [9.17, 15) is 0 Å². The van der Waals surface area contributed by atoms with Crippen LogP contribution in [0.3, 0.4) is 0 Å². The van der Waals surface area contributed by atoms with Crippen LogP contribution in [0.5, 0.6) is 0 Å². The Morgan fingerprint density at radius 1 is 1.33 bits per heavy atom. The van der Waals surface area contributed by atoms with Gasteiger partial charge in [0.05, 0.1) is 0 Å². The number of rotatable bonds is 3. The van der Waals surface area contributed by atoms with Crippen LogP contribution < -0.4 is 5.32 Å². The van der Waals surface area contributed by atoms with E-state index < -0.39 is 0 Å². The molecule has 1 saturated carbocycles. The minimum atomic E-state index is 0.986. The van der Waals surface area contributed by atoms with Gasteiger partial charge in [0.25, 0.3) is 0 Å². The Kier molecular flexibility index (Phi) is 2.12. The maximum Gasteiger partial charge on any atom is -0.00181 e. The van der Waals surface area contributed by atoms with Crippen molar-refractivity contribution in [3.05, 3.63) is 0 Å². The first-order valence-electron chi connectivity index (χ1n) is 3.95. The lowest BCUT2D eigenvalue weighted by Gasteiger charge is -1.93. The molecule has 0 radical (unpaired) electrons. The highest BCUT2D eigenvalue weighted by Crippen LogP contribution is 2.47. The standard InChI is InChI=1S/C8H17N/c1-4-7-6(2)8(7)5-9-3/h6-9H,4-5H2,1-3H3. The topological polar surface area (TPSA) is 12.0 Å². The molecule has 0 spiro atoms. The van der Waals surface area contributed by atoms with Crippen LogP contribution >= 0.6 is 0 Å². The monoisotopic (exact) mass is 127 g/mol. The van der Waals surface area contributed by atoms with Crippen LogP contribution in [-0.4, -0.2) is 13.6 Å². The number of hydrogen-bond acceptors (Lipinski definition) is 1. The van der Waals surface area contributed by atoms with Crippen molar-refractivity contribution in [3.63, 3.8) is 0 Å². The fourth-order valence-electron chi connectivity index (χ4n) is 1.88. The zero-order chi connectivity index (χ0) is 6.85. The molecule has 0 bridgehead atoms. The SMILES string of the molecule is CCC1C(C)C1CNC. The molecule has 0 heterocycles. The highest BCUT2D eigenvalue weighted by atomic mass is 14.8. The van der Waals surface area contributed by atoms with Gasteiger partial charge in [-0.2, -0.15) is 0 Å².